The van der Waals surface area contributed by atoms with E-state index in [2.05, 4.69) is 20.2 Å². The summed E-state index contributed by atoms with van der Waals surface area (Å²) in [6, 6.07) is 6.07. The monoisotopic (exact) mass is 472 g/mol. The predicted octanol–water partition coefficient (Wildman–Crippen LogP) is 1.45. The van der Waals surface area contributed by atoms with Crippen molar-refractivity contribution in [1.29, 1.82) is 0 Å². The molecule has 11 heteroatoms. The van der Waals surface area contributed by atoms with Gasteiger partial charge in [0, 0.05) is 51.4 Å². The number of anilines is 1. The lowest BCUT2D eigenvalue weighted by Gasteiger charge is -2.41. The molecule has 3 heterocycles. The molecule has 1 aromatic carbocycles. The fraction of sp³-hybridized carbons (Fsp3) is 0.391. The molecule has 1 aliphatic heterocycles. The van der Waals surface area contributed by atoms with Gasteiger partial charge >= 0.3 is 5.69 Å². The number of nitrogens with zero attached hydrogens (tertiary/aromatic N) is 4. The van der Waals surface area contributed by atoms with Gasteiger partial charge in [-0.3, -0.25) is 19.1 Å². The molecule has 0 bridgehead atoms. The Bertz CT molecular complexity index is 1370. The van der Waals surface area contributed by atoms with Crippen LogP contribution in [-0.4, -0.2) is 58.1 Å². The zero-order valence-corrected chi connectivity index (χ0v) is 19.2. The molecule has 3 aromatic rings. The van der Waals surface area contributed by atoms with Crippen LogP contribution in [0.4, 0.5) is 14.5 Å². The van der Waals surface area contributed by atoms with Crippen LogP contribution in [0.5, 0.6) is 0 Å². The number of amides is 1. The minimum atomic E-state index is -0.719. The van der Waals surface area contributed by atoms with E-state index in [1.54, 1.807) is 13.0 Å². The van der Waals surface area contributed by atoms with Gasteiger partial charge < -0.3 is 15.2 Å². The number of benzene rings is 1. The van der Waals surface area contributed by atoms with E-state index in [4.69, 9.17) is 0 Å². The van der Waals surface area contributed by atoms with E-state index in [9.17, 15) is 18.8 Å². The summed E-state index contributed by atoms with van der Waals surface area (Å²) in [5, 5.41) is 2.54. The number of nitrogens with one attached hydrogen (secondary N) is 2. The Balaban J connectivity index is 1.53. The molecule has 1 fully saturated rings. The molecule has 1 amide bonds. The van der Waals surface area contributed by atoms with E-state index in [0.29, 0.717) is 30.9 Å². The molecule has 4 rings (SSSR count). The highest BCUT2D eigenvalue weighted by Crippen LogP contribution is 2.24. The number of carbonyl (C=O) groups is 1. The van der Waals surface area contributed by atoms with Gasteiger partial charge in [-0.25, -0.2) is 14.2 Å². The average molecular weight is 472 g/mol. The summed E-state index contributed by atoms with van der Waals surface area (Å²) in [5.74, 6) is -1.80. The van der Waals surface area contributed by atoms with Gasteiger partial charge in [0.25, 0.3) is 11.5 Å². The number of aromatic nitrogens is 3. The molecular weight excluding hydrogens is 446 g/mol. The summed E-state index contributed by atoms with van der Waals surface area (Å²) in [6.45, 7) is 5.58. The van der Waals surface area contributed by atoms with Gasteiger partial charge in [0.1, 0.15) is 5.69 Å². The zero-order chi connectivity index (χ0) is 24.6. The fourth-order valence-electron chi connectivity index (χ4n) is 4.33. The average Bonchev–Trinajstić information content (AvgIpc) is 2.82. The van der Waals surface area contributed by atoms with Crippen molar-refractivity contribution in [3.05, 3.63) is 68.1 Å². The van der Waals surface area contributed by atoms with E-state index < -0.39 is 28.9 Å². The minimum absolute atomic E-state index is 0.00551. The molecule has 2 N–H and O–H groups in total. The molecule has 2 aromatic heterocycles. The maximum absolute atomic E-state index is 15.2. The van der Waals surface area contributed by atoms with Crippen LogP contribution in [0, 0.1) is 11.8 Å². The van der Waals surface area contributed by atoms with E-state index in [0.717, 1.165) is 4.57 Å². The van der Waals surface area contributed by atoms with Crippen LogP contribution in [0.1, 0.15) is 29.9 Å². The maximum Gasteiger partial charge on any atom is 0.328 e. The van der Waals surface area contributed by atoms with Gasteiger partial charge in [0.2, 0.25) is 5.95 Å². The Morgan fingerprint density at radius 3 is 2.62 bits per heavy atom. The Labute approximate surface area is 194 Å². The first-order valence-corrected chi connectivity index (χ1v) is 11.1. The summed E-state index contributed by atoms with van der Waals surface area (Å²) < 4.78 is 30.8. The van der Waals surface area contributed by atoms with Gasteiger partial charge in [-0.15, -0.1) is 0 Å². The van der Waals surface area contributed by atoms with E-state index in [-0.39, 0.29) is 35.7 Å². The van der Waals surface area contributed by atoms with Crippen molar-refractivity contribution in [2.24, 2.45) is 0 Å². The lowest BCUT2D eigenvalue weighted by molar-refractivity contribution is 0.0957. The third kappa shape index (κ3) is 4.18. The Morgan fingerprint density at radius 2 is 1.97 bits per heavy atom. The Hall–Kier alpha value is -3.60. The van der Waals surface area contributed by atoms with Crippen molar-refractivity contribution in [3.63, 3.8) is 0 Å². The number of fused-ring (bicyclic) bond motifs is 1. The number of halogens is 2. The molecule has 0 radical (unpaired) electrons. The summed E-state index contributed by atoms with van der Waals surface area (Å²) in [5.41, 5.74) is -0.581. The first kappa shape index (κ1) is 23.6. The third-order valence-electron chi connectivity index (χ3n) is 6.26. The van der Waals surface area contributed by atoms with Crippen LogP contribution in [0.25, 0.3) is 10.9 Å². The molecule has 34 heavy (non-hydrogen) atoms. The second-order valence-electron chi connectivity index (χ2n) is 8.29. The molecule has 0 saturated carbocycles. The highest BCUT2D eigenvalue weighted by Gasteiger charge is 2.27. The van der Waals surface area contributed by atoms with Crippen molar-refractivity contribution in [1.82, 2.24) is 24.8 Å². The zero-order valence-electron chi connectivity index (χ0n) is 19.2. The maximum atomic E-state index is 15.2. The van der Waals surface area contributed by atoms with Crippen LogP contribution >= 0.6 is 0 Å². The van der Waals surface area contributed by atoms with Gasteiger partial charge in [0.15, 0.2) is 5.82 Å². The molecular formula is C23H26F2N6O3. The fourth-order valence-corrected chi connectivity index (χ4v) is 4.33. The molecule has 1 aliphatic rings. The van der Waals surface area contributed by atoms with Crippen LogP contribution in [0.3, 0.4) is 0 Å². The highest BCUT2D eigenvalue weighted by atomic mass is 19.1. The van der Waals surface area contributed by atoms with Crippen LogP contribution < -0.4 is 21.5 Å². The van der Waals surface area contributed by atoms with E-state index in [1.165, 1.54) is 25.2 Å². The predicted molar refractivity (Wildman–Crippen MR) is 124 cm³/mol. The van der Waals surface area contributed by atoms with Gasteiger partial charge in [0.05, 0.1) is 16.6 Å². The molecule has 180 valence electrons. The minimum Gasteiger partial charge on any atom is -0.365 e. The summed E-state index contributed by atoms with van der Waals surface area (Å²) in [7, 11) is 1.45. The van der Waals surface area contributed by atoms with Gasteiger partial charge in [-0.2, -0.15) is 4.39 Å². The largest absolute Gasteiger partial charge is 0.365 e. The molecule has 9 nitrogen and oxygen atoms in total. The lowest BCUT2D eigenvalue weighted by atomic mass is 10.1. The number of rotatable bonds is 5. The smallest absolute Gasteiger partial charge is 0.328 e. The highest BCUT2D eigenvalue weighted by molar-refractivity contribution is 5.92. The first-order chi connectivity index (χ1) is 16.2. The lowest BCUT2D eigenvalue weighted by Crippen LogP contribution is -2.51. The van der Waals surface area contributed by atoms with E-state index >= 15 is 4.39 Å². The summed E-state index contributed by atoms with van der Waals surface area (Å²) in [6.07, 6.45) is 0. The SMILES string of the molecule is CCn1c(=O)[nH]c2c(F)c(CN3CCN(c4ccc(C(=O)NC)nc4F)CC3C)ccc2c1=O. The Kier molecular flexibility index (Phi) is 6.47. The van der Waals surface area contributed by atoms with Crippen molar-refractivity contribution in [3.8, 4) is 0 Å². The second-order valence-corrected chi connectivity index (χ2v) is 8.29. The Morgan fingerprint density at radius 1 is 1.21 bits per heavy atom. The number of aromatic amines is 1. The van der Waals surface area contributed by atoms with E-state index in [1.807, 2.05) is 11.8 Å². The standard InChI is InChI=1S/C23H26F2N6O3/c1-4-31-22(33)15-6-5-14(18(24)19(15)28-23(31)34)12-29-9-10-30(11-13(29)2)17-8-7-16(21(32)26-3)27-20(17)25/h5-8,13H,4,9-12H2,1-3H3,(H,26,32)(H,28,34). The number of carbonyl (C=O) groups excluding carboxylic acids is 1. The topological polar surface area (TPSA) is 103 Å². The normalized spacial score (nSPS) is 16.7. The summed E-state index contributed by atoms with van der Waals surface area (Å²) in [4.78, 5) is 46.4. The second kappa shape index (κ2) is 9.34. The molecule has 1 unspecified atom stereocenters. The molecule has 1 saturated heterocycles. The third-order valence-corrected chi connectivity index (χ3v) is 6.26. The van der Waals surface area contributed by atoms with Gasteiger partial charge in [-0.1, -0.05) is 6.07 Å². The van der Waals surface area contributed by atoms with Crippen molar-refractivity contribution in [2.75, 3.05) is 31.6 Å². The quantitative estimate of drug-likeness (QED) is 0.545. The van der Waals surface area contributed by atoms with Crippen LogP contribution in [0.2, 0.25) is 0 Å². The van der Waals surface area contributed by atoms with Gasteiger partial charge in [-0.05, 0) is 32.0 Å². The van der Waals surface area contributed by atoms with Crippen LogP contribution in [-0.2, 0) is 13.1 Å². The summed E-state index contributed by atoms with van der Waals surface area (Å²) >= 11 is 0. The number of hydrogen-bond donors (Lipinski definition) is 2. The number of H-pyrrole nitrogens is 1. The molecule has 0 aliphatic carbocycles. The number of hydrogen-bond acceptors (Lipinski definition) is 6. The van der Waals surface area contributed by atoms with Crippen molar-refractivity contribution >= 4 is 22.5 Å². The van der Waals surface area contributed by atoms with Crippen molar-refractivity contribution in [2.45, 2.75) is 33.0 Å². The van der Waals surface area contributed by atoms with Crippen molar-refractivity contribution < 1.29 is 13.6 Å². The first-order valence-electron chi connectivity index (χ1n) is 11.1. The number of piperazine rings is 1. The van der Waals surface area contributed by atoms with Crippen LogP contribution in [0.15, 0.2) is 33.9 Å². The molecule has 0 spiro atoms. The molecule has 1 atom stereocenters. The number of pyridine rings is 1.